The largest absolute Gasteiger partial charge is 0.497 e. The Morgan fingerprint density at radius 1 is 1.04 bits per heavy atom. The zero-order valence-corrected chi connectivity index (χ0v) is 15.6. The van der Waals surface area contributed by atoms with Crippen molar-refractivity contribution >= 4 is 5.91 Å². The molecule has 2 aromatic carbocycles. The fraction of sp³-hybridized carbons (Fsp3) is 0.409. The van der Waals surface area contributed by atoms with Gasteiger partial charge in [0.2, 0.25) is 5.91 Å². The number of quaternary nitrogens is 1. The summed E-state index contributed by atoms with van der Waals surface area (Å²) < 4.78 is 5.24. The molecule has 4 heteroatoms. The predicted octanol–water partition coefficient (Wildman–Crippen LogP) is 2.24. The Labute approximate surface area is 156 Å². The van der Waals surface area contributed by atoms with Gasteiger partial charge in [0.05, 0.1) is 26.6 Å². The highest BCUT2D eigenvalue weighted by Gasteiger charge is 2.22. The minimum atomic E-state index is 0.210. The molecule has 0 saturated carbocycles. The van der Waals surface area contributed by atoms with Crippen LogP contribution in [0, 0.1) is 5.92 Å². The molecule has 26 heavy (non-hydrogen) atoms. The monoisotopic (exact) mass is 353 g/mol. The summed E-state index contributed by atoms with van der Waals surface area (Å²) in [5.41, 5.74) is 2.23. The van der Waals surface area contributed by atoms with Gasteiger partial charge in [0.1, 0.15) is 5.75 Å². The average Bonchev–Trinajstić information content (AvgIpc) is 2.69. The van der Waals surface area contributed by atoms with Crippen LogP contribution in [0.15, 0.2) is 54.6 Å². The number of carbonyl (C=O) groups excluding carboxylic acids is 1. The summed E-state index contributed by atoms with van der Waals surface area (Å²) in [6, 6.07) is 18.1. The minimum Gasteiger partial charge on any atom is -0.497 e. The molecule has 1 aliphatic rings. The topological polar surface area (TPSA) is 46.1 Å². The number of amides is 1. The van der Waals surface area contributed by atoms with Crippen LogP contribution in [-0.2, 0) is 17.8 Å². The molecule has 0 aromatic heterocycles. The fourth-order valence-corrected chi connectivity index (χ4v) is 3.58. The summed E-state index contributed by atoms with van der Waals surface area (Å²) in [4.78, 5) is 15.1. The summed E-state index contributed by atoms with van der Waals surface area (Å²) in [5, 5.41) is 2.37. The van der Waals surface area contributed by atoms with Crippen molar-refractivity contribution in [3.8, 4) is 5.75 Å². The highest BCUT2D eigenvalue weighted by molar-refractivity contribution is 5.78. The Kier molecular flexibility index (Phi) is 6.67. The summed E-state index contributed by atoms with van der Waals surface area (Å²) in [7, 11) is 1.67. The molecule has 2 aromatic rings. The number of rotatable bonds is 7. The van der Waals surface area contributed by atoms with E-state index in [0.717, 1.165) is 23.4 Å². The van der Waals surface area contributed by atoms with Gasteiger partial charge in [0.25, 0.3) is 0 Å². The van der Waals surface area contributed by atoms with Crippen LogP contribution >= 0.6 is 0 Å². The van der Waals surface area contributed by atoms with Gasteiger partial charge in [0.15, 0.2) is 0 Å². The SMILES string of the molecule is COc1ccc(CN(CC2CC[NH2+]CC2)C(=O)Cc2ccccc2)cc1. The molecule has 1 aliphatic heterocycles. The second-order valence-corrected chi connectivity index (χ2v) is 7.09. The third-order valence-electron chi connectivity index (χ3n) is 5.12. The van der Waals surface area contributed by atoms with E-state index in [1.54, 1.807) is 7.11 Å². The lowest BCUT2D eigenvalue weighted by molar-refractivity contribution is -0.664. The van der Waals surface area contributed by atoms with Crippen molar-refractivity contribution in [1.29, 1.82) is 0 Å². The lowest BCUT2D eigenvalue weighted by Crippen LogP contribution is -2.86. The van der Waals surface area contributed by atoms with E-state index in [9.17, 15) is 4.79 Å². The third kappa shape index (κ3) is 5.33. The van der Waals surface area contributed by atoms with Crippen molar-refractivity contribution in [1.82, 2.24) is 4.90 Å². The maximum absolute atomic E-state index is 13.0. The van der Waals surface area contributed by atoms with E-state index >= 15 is 0 Å². The molecular weight excluding hydrogens is 324 g/mol. The molecule has 0 unspecified atom stereocenters. The first-order valence-electron chi connectivity index (χ1n) is 9.51. The van der Waals surface area contributed by atoms with E-state index in [1.165, 1.54) is 25.9 Å². The second kappa shape index (κ2) is 9.39. The summed E-state index contributed by atoms with van der Waals surface area (Å²) in [5.74, 6) is 1.67. The van der Waals surface area contributed by atoms with E-state index in [1.807, 2.05) is 47.4 Å². The van der Waals surface area contributed by atoms with Gasteiger partial charge in [-0.3, -0.25) is 4.79 Å². The summed E-state index contributed by atoms with van der Waals surface area (Å²) in [6.45, 7) is 3.86. The third-order valence-corrected chi connectivity index (χ3v) is 5.12. The van der Waals surface area contributed by atoms with Crippen LogP contribution in [0.2, 0.25) is 0 Å². The molecule has 2 N–H and O–H groups in total. The standard InChI is InChI=1S/C22H28N2O2/c1-26-21-9-7-19(8-10-21)16-24(17-20-11-13-23-14-12-20)22(25)15-18-5-3-2-4-6-18/h2-10,20,23H,11-17H2,1H3/p+1. The van der Waals surface area contributed by atoms with Gasteiger partial charge in [0, 0.05) is 25.9 Å². The smallest absolute Gasteiger partial charge is 0.227 e. The number of ether oxygens (including phenoxy) is 1. The van der Waals surface area contributed by atoms with Crippen molar-refractivity contribution in [3.05, 3.63) is 65.7 Å². The first-order chi connectivity index (χ1) is 12.7. The van der Waals surface area contributed by atoms with Crippen LogP contribution in [0.3, 0.4) is 0 Å². The molecule has 0 bridgehead atoms. The normalized spacial score (nSPS) is 14.8. The number of piperidine rings is 1. The van der Waals surface area contributed by atoms with E-state index in [4.69, 9.17) is 4.74 Å². The molecule has 0 radical (unpaired) electrons. The second-order valence-electron chi connectivity index (χ2n) is 7.09. The maximum atomic E-state index is 13.0. The van der Waals surface area contributed by atoms with Crippen molar-refractivity contribution < 1.29 is 14.8 Å². The highest BCUT2D eigenvalue weighted by Crippen LogP contribution is 2.17. The maximum Gasteiger partial charge on any atom is 0.227 e. The van der Waals surface area contributed by atoms with Gasteiger partial charge >= 0.3 is 0 Å². The van der Waals surface area contributed by atoms with Crippen LogP contribution in [-0.4, -0.2) is 37.6 Å². The molecular formula is C22H29N2O2+. The number of benzene rings is 2. The number of hydrogen-bond acceptors (Lipinski definition) is 2. The number of nitrogens with two attached hydrogens (primary N) is 1. The molecule has 3 rings (SSSR count). The van der Waals surface area contributed by atoms with Crippen LogP contribution in [0.5, 0.6) is 5.75 Å². The van der Waals surface area contributed by atoms with Crippen molar-refractivity contribution in [2.75, 3.05) is 26.7 Å². The van der Waals surface area contributed by atoms with Crippen molar-refractivity contribution in [2.24, 2.45) is 5.92 Å². The van der Waals surface area contributed by atoms with Crippen molar-refractivity contribution in [3.63, 3.8) is 0 Å². The minimum absolute atomic E-state index is 0.210. The first kappa shape index (κ1) is 18.5. The number of nitrogens with zero attached hydrogens (tertiary/aromatic N) is 1. The van der Waals surface area contributed by atoms with Crippen LogP contribution < -0.4 is 10.1 Å². The van der Waals surface area contributed by atoms with Crippen LogP contribution in [0.25, 0.3) is 0 Å². The Bertz CT molecular complexity index is 679. The lowest BCUT2D eigenvalue weighted by Gasteiger charge is -2.29. The van der Waals surface area contributed by atoms with Gasteiger partial charge in [-0.2, -0.15) is 0 Å². The predicted molar refractivity (Wildman–Crippen MR) is 103 cm³/mol. The molecule has 4 nitrogen and oxygen atoms in total. The van der Waals surface area contributed by atoms with Gasteiger partial charge in [-0.25, -0.2) is 0 Å². The Balaban J connectivity index is 1.70. The van der Waals surface area contributed by atoms with Crippen LogP contribution in [0.4, 0.5) is 0 Å². The molecule has 0 aliphatic carbocycles. The zero-order chi connectivity index (χ0) is 18.2. The molecule has 0 spiro atoms. The average molecular weight is 353 g/mol. The van der Waals surface area contributed by atoms with Crippen LogP contribution in [0.1, 0.15) is 24.0 Å². The molecule has 1 heterocycles. The fourth-order valence-electron chi connectivity index (χ4n) is 3.58. The summed E-state index contributed by atoms with van der Waals surface area (Å²) >= 11 is 0. The Morgan fingerprint density at radius 3 is 2.38 bits per heavy atom. The molecule has 1 amide bonds. The van der Waals surface area contributed by atoms with Gasteiger partial charge in [-0.1, -0.05) is 42.5 Å². The van der Waals surface area contributed by atoms with E-state index in [2.05, 4.69) is 17.4 Å². The van der Waals surface area contributed by atoms with Gasteiger partial charge in [-0.15, -0.1) is 0 Å². The number of hydrogen-bond donors (Lipinski definition) is 1. The first-order valence-corrected chi connectivity index (χ1v) is 9.51. The van der Waals surface area contributed by atoms with Gasteiger partial charge in [-0.05, 0) is 29.2 Å². The lowest BCUT2D eigenvalue weighted by atomic mass is 9.97. The van der Waals surface area contributed by atoms with Gasteiger partial charge < -0.3 is 15.0 Å². The molecule has 138 valence electrons. The van der Waals surface area contributed by atoms with E-state index < -0.39 is 0 Å². The van der Waals surface area contributed by atoms with Crippen molar-refractivity contribution in [2.45, 2.75) is 25.8 Å². The number of methoxy groups -OCH3 is 1. The molecule has 1 fully saturated rings. The Morgan fingerprint density at radius 2 is 1.73 bits per heavy atom. The molecule has 1 saturated heterocycles. The number of carbonyl (C=O) groups is 1. The summed E-state index contributed by atoms with van der Waals surface area (Å²) in [6.07, 6.45) is 2.85. The van der Waals surface area contributed by atoms with E-state index in [0.29, 0.717) is 18.9 Å². The quantitative estimate of drug-likeness (QED) is 0.830. The molecule has 0 atom stereocenters. The zero-order valence-electron chi connectivity index (χ0n) is 15.6. The Hall–Kier alpha value is -2.33. The van der Waals surface area contributed by atoms with E-state index in [-0.39, 0.29) is 5.91 Å². The highest BCUT2D eigenvalue weighted by atomic mass is 16.5.